The zero-order valence-corrected chi connectivity index (χ0v) is 30.3. The van der Waals surface area contributed by atoms with Gasteiger partial charge in [-0.25, -0.2) is 0 Å². The van der Waals surface area contributed by atoms with Crippen molar-refractivity contribution in [2.45, 2.75) is 23.7 Å². The molecule has 0 heterocycles. The number of nitro groups is 1. The average molecular weight is 719 g/mol. The highest BCUT2D eigenvalue weighted by atomic mass is 16.6. The predicted molar refractivity (Wildman–Crippen MR) is 223 cm³/mol. The van der Waals surface area contributed by atoms with Gasteiger partial charge >= 0.3 is 0 Å². The molecule has 0 fully saturated rings. The quantitative estimate of drug-likeness (QED) is 0.142. The second kappa shape index (κ2) is 11.7. The molecule has 6 aliphatic carbocycles. The molecule has 8 aromatic carbocycles. The maximum absolute atomic E-state index is 12.4. The van der Waals surface area contributed by atoms with Crippen LogP contribution < -0.4 is 5.32 Å². The first-order valence-corrected chi connectivity index (χ1v) is 19.4. The minimum Gasteiger partial charge on any atom is -0.349 e. The Labute approximate surface area is 324 Å². The zero-order valence-electron chi connectivity index (χ0n) is 30.3. The number of rotatable bonds is 5. The Morgan fingerprint density at radius 3 is 1.11 bits per heavy atom. The summed E-state index contributed by atoms with van der Waals surface area (Å²) < 4.78 is 0. The number of nitrogens with one attached hydrogen (secondary N) is 1. The van der Waals surface area contributed by atoms with Crippen molar-refractivity contribution in [2.24, 2.45) is 0 Å². The second-order valence-corrected chi connectivity index (χ2v) is 15.6. The van der Waals surface area contributed by atoms with Gasteiger partial charge < -0.3 is 5.32 Å². The van der Waals surface area contributed by atoms with Crippen LogP contribution in [0.5, 0.6) is 0 Å². The van der Waals surface area contributed by atoms with Crippen LogP contribution in [0.4, 0.5) is 17.1 Å². The lowest BCUT2D eigenvalue weighted by atomic mass is 9.61. The van der Waals surface area contributed by atoms with Crippen molar-refractivity contribution in [3.05, 3.63) is 253 Å². The van der Waals surface area contributed by atoms with Crippen molar-refractivity contribution in [2.75, 3.05) is 5.32 Å². The van der Waals surface area contributed by atoms with Crippen molar-refractivity contribution in [3.63, 3.8) is 0 Å². The maximum Gasteiger partial charge on any atom is 0.292 e. The molecule has 1 N–H and O–H groups in total. The third-order valence-corrected chi connectivity index (χ3v) is 12.9. The Morgan fingerprint density at radius 1 is 0.375 bits per heavy atom. The van der Waals surface area contributed by atoms with Crippen LogP contribution >= 0.6 is 0 Å². The molecule has 0 radical (unpaired) electrons. The summed E-state index contributed by atoms with van der Waals surface area (Å²) >= 11 is 0. The van der Waals surface area contributed by atoms with E-state index in [2.05, 4.69) is 157 Å². The van der Waals surface area contributed by atoms with E-state index in [4.69, 9.17) is 0 Å². The van der Waals surface area contributed by atoms with Crippen molar-refractivity contribution in [1.29, 1.82) is 0 Å². The lowest BCUT2D eigenvalue weighted by molar-refractivity contribution is -0.383. The number of benzene rings is 8. The summed E-state index contributed by atoms with van der Waals surface area (Å²) in [6, 6.07) is 62.9. The first kappa shape index (κ1) is 31.3. The molecule has 4 bridgehead atoms. The van der Waals surface area contributed by atoms with Gasteiger partial charge in [-0.1, -0.05) is 152 Å². The summed E-state index contributed by atoms with van der Waals surface area (Å²) in [4.78, 5) is 12.1. The van der Waals surface area contributed by atoms with Crippen LogP contribution in [-0.2, 0) is 0 Å². The molecule has 14 rings (SSSR count). The van der Waals surface area contributed by atoms with Crippen LogP contribution in [0.1, 0.15) is 90.4 Å². The number of nitro benzene ring substituents is 1. The van der Waals surface area contributed by atoms with Gasteiger partial charge in [-0.15, -0.1) is 0 Å². The smallest absolute Gasteiger partial charge is 0.292 e. The number of hydrogen-bond donors (Lipinski definition) is 1. The molecular weight excluding hydrogens is 685 g/mol. The third-order valence-electron chi connectivity index (χ3n) is 12.9. The van der Waals surface area contributed by atoms with E-state index in [1.807, 2.05) is 6.07 Å². The Balaban J connectivity index is 1.05. The van der Waals surface area contributed by atoms with E-state index < -0.39 is 0 Å². The summed E-state index contributed by atoms with van der Waals surface area (Å²) in [7, 11) is 0. The average Bonchev–Trinajstić information content (AvgIpc) is 3.26. The van der Waals surface area contributed by atoms with Crippen molar-refractivity contribution in [3.8, 4) is 22.3 Å². The van der Waals surface area contributed by atoms with Gasteiger partial charge in [-0.05, 0) is 96.1 Å². The van der Waals surface area contributed by atoms with Crippen molar-refractivity contribution in [1.82, 2.24) is 0 Å². The lowest BCUT2D eigenvalue weighted by Crippen LogP contribution is -2.27. The Bertz CT molecular complexity index is 2720. The number of anilines is 2. The molecule has 0 unspecified atom stereocenters. The molecule has 0 saturated carbocycles. The third kappa shape index (κ3) is 4.30. The highest BCUT2D eigenvalue weighted by molar-refractivity contribution is 5.94. The summed E-state index contributed by atoms with van der Waals surface area (Å²) in [6.07, 6.45) is 0. The normalized spacial score (nSPS) is 18.5. The molecule has 0 spiro atoms. The second-order valence-electron chi connectivity index (χ2n) is 15.6. The first-order valence-electron chi connectivity index (χ1n) is 19.4. The monoisotopic (exact) mass is 718 g/mol. The van der Waals surface area contributed by atoms with Gasteiger partial charge in [0.05, 0.1) is 10.6 Å². The molecule has 0 aromatic heterocycles. The first-order chi connectivity index (χ1) is 27.6. The summed E-state index contributed by atoms with van der Waals surface area (Å²) in [6.45, 7) is 0. The van der Waals surface area contributed by atoms with Crippen LogP contribution in [0.25, 0.3) is 22.3 Å². The summed E-state index contributed by atoms with van der Waals surface area (Å²) in [5, 5.41) is 16.0. The summed E-state index contributed by atoms with van der Waals surface area (Å²) in [5.41, 5.74) is 21.9. The molecule has 4 nitrogen and oxygen atoms in total. The van der Waals surface area contributed by atoms with Crippen LogP contribution in [0.15, 0.2) is 176 Å². The van der Waals surface area contributed by atoms with Gasteiger partial charge in [-0.2, -0.15) is 0 Å². The van der Waals surface area contributed by atoms with E-state index in [1.165, 1.54) is 66.8 Å². The van der Waals surface area contributed by atoms with Gasteiger partial charge in [0.15, 0.2) is 0 Å². The SMILES string of the molecule is O=[N+]([O-])c1ccccc1Nc1c(-c2ccc3c(c2)C2c4ccccc4C3c3ccccc32)cccc1-c1ccc2c(c1)C1c3ccccc3C2c2ccccc21. The minimum atomic E-state index is -0.306. The van der Waals surface area contributed by atoms with Gasteiger partial charge in [-0.3, -0.25) is 10.1 Å². The van der Waals surface area contributed by atoms with Gasteiger partial charge in [0.25, 0.3) is 5.69 Å². The Morgan fingerprint density at radius 2 is 0.714 bits per heavy atom. The lowest BCUT2D eigenvalue weighted by Gasteiger charge is -2.42. The zero-order chi connectivity index (χ0) is 37.1. The van der Waals surface area contributed by atoms with Crippen molar-refractivity contribution >= 4 is 17.1 Å². The molecule has 0 saturated heterocycles. The fourth-order valence-electron chi connectivity index (χ4n) is 10.7. The highest BCUT2D eigenvalue weighted by Gasteiger charge is 2.42. The molecular formula is C52H34N2O2. The Hall–Kier alpha value is -7.04. The van der Waals surface area contributed by atoms with Crippen LogP contribution in [0, 0.1) is 10.1 Å². The van der Waals surface area contributed by atoms with E-state index in [0.29, 0.717) is 5.69 Å². The highest BCUT2D eigenvalue weighted by Crippen LogP contribution is 2.58. The molecule has 4 heteroatoms. The fraction of sp³-hybridized carbons (Fsp3) is 0.0769. The molecule has 6 aliphatic rings. The van der Waals surface area contributed by atoms with E-state index in [9.17, 15) is 10.1 Å². The predicted octanol–water partition coefficient (Wildman–Crippen LogP) is 12.6. The van der Waals surface area contributed by atoms with Crippen molar-refractivity contribution < 1.29 is 4.92 Å². The van der Waals surface area contributed by atoms with Gasteiger partial charge in [0, 0.05) is 40.9 Å². The van der Waals surface area contributed by atoms with E-state index in [1.54, 1.807) is 18.2 Å². The van der Waals surface area contributed by atoms with Crippen LogP contribution in [0.3, 0.4) is 0 Å². The van der Waals surface area contributed by atoms with Gasteiger partial charge in [0.1, 0.15) is 5.69 Å². The molecule has 8 aromatic rings. The largest absolute Gasteiger partial charge is 0.349 e. The number of para-hydroxylation sites is 3. The van der Waals surface area contributed by atoms with Crippen LogP contribution in [-0.4, -0.2) is 4.92 Å². The minimum absolute atomic E-state index is 0.0418. The number of hydrogen-bond acceptors (Lipinski definition) is 3. The molecule has 0 aliphatic heterocycles. The van der Waals surface area contributed by atoms with Gasteiger partial charge in [0.2, 0.25) is 0 Å². The van der Waals surface area contributed by atoms with Crippen LogP contribution in [0.2, 0.25) is 0 Å². The van der Waals surface area contributed by atoms with E-state index in [-0.39, 0.29) is 34.3 Å². The molecule has 0 atom stereocenters. The molecule has 264 valence electrons. The number of nitrogens with zero attached hydrogens (tertiary/aromatic N) is 1. The molecule has 0 amide bonds. The Kier molecular flexibility index (Phi) is 6.56. The maximum atomic E-state index is 12.4. The van der Waals surface area contributed by atoms with E-state index in [0.717, 1.165) is 27.9 Å². The fourth-order valence-corrected chi connectivity index (χ4v) is 10.7. The topological polar surface area (TPSA) is 55.2 Å². The summed E-state index contributed by atoms with van der Waals surface area (Å²) in [5.74, 6) is 0.653. The standard InChI is InChI=1S/C52H34N2O2/c55-54(56)47-23-10-9-22-46(47)53-52-32(30-24-26-42-44(28-30)50-38-16-5-1-12-34(38)48(42)35-13-2-6-17-39(35)50)20-11-21-33(52)31-25-27-43-45(29-31)51-40-18-7-3-14-36(40)49(43)37-15-4-8-19-41(37)51/h1-29,48-51,53H. The van der Waals surface area contributed by atoms with E-state index >= 15 is 0 Å². The molecule has 56 heavy (non-hydrogen) atoms.